The topological polar surface area (TPSA) is 87.7 Å². The van der Waals surface area contributed by atoms with Crippen LogP contribution in [0.1, 0.15) is 25.3 Å². The molecule has 0 unspecified atom stereocenters. The summed E-state index contributed by atoms with van der Waals surface area (Å²) in [6, 6.07) is 9.63. The van der Waals surface area contributed by atoms with Gasteiger partial charge in [0, 0.05) is 53.1 Å². The summed E-state index contributed by atoms with van der Waals surface area (Å²) in [5.74, 6) is -0.384. The lowest BCUT2D eigenvalue weighted by molar-refractivity contribution is -0.130. The quantitative estimate of drug-likeness (QED) is 0.576. The van der Waals surface area contributed by atoms with Gasteiger partial charge < -0.3 is 20.3 Å². The molecule has 0 bridgehead atoms. The summed E-state index contributed by atoms with van der Waals surface area (Å²) in [7, 11) is 1.56. The number of rotatable bonds is 11. The average Bonchev–Trinajstić information content (AvgIpc) is 2.59. The van der Waals surface area contributed by atoms with Gasteiger partial charge in [-0.2, -0.15) is 0 Å². The van der Waals surface area contributed by atoms with E-state index >= 15 is 0 Å². The van der Waals surface area contributed by atoms with Crippen LogP contribution in [0, 0.1) is 0 Å². The minimum Gasteiger partial charge on any atom is -0.383 e. The Morgan fingerprint density at radius 1 is 1.00 bits per heavy atom. The third-order valence-corrected chi connectivity index (χ3v) is 3.57. The molecule has 2 N–H and O–H groups in total. The molecule has 138 valence electrons. The molecule has 0 aliphatic rings. The van der Waals surface area contributed by atoms with Crippen molar-refractivity contribution in [2.45, 2.75) is 26.3 Å². The van der Waals surface area contributed by atoms with Crippen molar-refractivity contribution in [3.8, 4) is 0 Å². The summed E-state index contributed by atoms with van der Waals surface area (Å²) in [5, 5.41) is 5.37. The summed E-state index contributed by atoms with van der Waals surface area (Å²) in [4.78, 5) is 36.7. The van der Waals surface area contributed by atoms with E-state index in [0.29, 0.717) is 26.2 Å². The standard InChI is InChI=1S/C18H27N3O4/c1-15(22)21(14-16-6-4-3-5-7-16)12-9-18(24)19-10-8-17(23)20-11-13-25-2/h3-7H,8-14H2,1-2H3,(H,19,24)(H,20,23). The molecule has 1 rings (SSSR count). The van der Waals surface area contributed by atoms with E-state index in [2.05, 4.69) is 10.6 Å². The highest BCUT2D eigenvalue weighted by Crippen LogP contribution is 2.05. The number of amides is 3. The van der Waals surface area contributed by atoms with Gasteiger partial charge in [-0.1, -0.05) is 30.3 Å². The lowest BCUT2D eigenvalue weighted by atomic mass is 10.2. The largest absolute Gasteiger partial charge is 0.383 e. The summed E-state index contributed by atoms with van der Waals surface area (Å²) < 4.78 is 4.83. The Balaban J connectivity index is 2.26. The number of carbonyl (C=O) groups excluding carboxylic acids is 3. The van der Waals surface area contributed by atoms with Crippen molar-refractivity contribution in [3.05, 3.63) is 35.9 Å². The number of nitrogens with zero attached hydrogens (tertiary/aromatic N) is 1. The molecule has 0 aliphatic carbocycles. The first-order chi connectivity index (χ1) is 12.0. The minimum atomic E-state index is -0.177. The number of methoxy groups -OCH3 is 1. The fraction of sp³-hybridized carbons (Fsp3) is 0.500. The van der Waals surface area contributed by atoms with Gasteiger partial charge in [0.1, 0.15) is 0 Å². The van der Waals surface area contributed by atoms with Crippen LogP contribution in [0.3, 0.4) is 0 Å². The molecule has 3 amide bonds. The zero-order valence-corrected chi connectivity index (χ0v) is 14.9. The van der Waals surface area contributed by atoms with E-state index in [9.17, 15) is 14.4 Å². The molecule has 0 saturated heterocycles. The second-order valence-corrected chi connectivity index (χ2v) is 5.62. The second kappa shape index (κ2) is 12.0. The summed E-state index contributed by atoms with van der Waals surface area (Å²) in [5.41, 5.74) is 1.02. The predicted molar refractivity (Wildman–Crippen MR) is 94.7 cm³/mol. The van der Waals surface area contributed by atoms with E-state index in [1.54, 1.807) is 12.0 Å². The molecular formula is C18H27N3O4. The van der Waals surface area contributed by atoms with Gasteiger partial charge in [-0.25, -0.2) is 0 Å². The normalized spacial score (nSPS) is 10.2. The van der Waals surface area contributed by atoms with Crippen LogP contribution < -0.4 is 10.6 Å². The van der Waals surface area contributed by atoms with Crippen LogP contribution in [-0.2, 0) is 25.7 Å². The number of ether oxygens (including phenoxy) is 1. The van der Waals surface area contributed by atoms with E-state index < -0.39 is 0 Å². The lowest BCUT2D eigenvalue weighted by Crippen LogP contribution is -2.35. The zero-order valence-electron chi connectivity index (χ0n) is 14.9. The molecule has 0 fully saturated rings. The molecule has 0 saturated carbocycles. The molecule has 0 heterocycles. The van der Waals surface area contributed by atoms with Gasteiger partial charge >= 0.3 is 0 Å². The SMILES string of the molecule is COCCNC(=O)CCNC(=O)CCN(Cc1ccccc1)C(C)=O. The Morgan fingerprint density at radius 3 is 2.28 bits per heavy atom. The Hall–Kier alpha value is -2.41. The maximum Gasteiger partial charge on any atom is 0.221 e. The van der Waals surface area contributed by atoms with Gasteiger partial charge in [-0.3, -0.25) is 14.4 Å². The van der Waals surface area contributed by atoms with Crippen molar-refractivity contribution >= 4 is 17.7 Å². The van der Waals surface area contributed by atoms with Crippen molar-refractivity contribution in [2.24, 2.45) is 0 Å². The summed E-state index contributed by atoms with van der Waals surface area (Å²) in [6.07, 6.45) is 0.424. The highest BCUT2D eigenvalue weighted by Gasteiger charge is 2.12. The molecular weight excluding hydrogens is 322 g/mol. The van der Waals surface area contributed by atoms with E-state index in [0.717, 1.165) is 5.56 Å². The van der Waals surface area contributed by atoms with Gasteiger partial charge in [0.2, 0.25) is 17.7 Å². The van der Waals surface area contributed by atoms with Crippen LogP contribution in [0.2, 0.25) is 0 Å². The van der Waals surface area contributed by atoms with Crippen molar-refractivity contribution in [1.82, 2.24) is 15.5 Å². The number of carbonyl (C=O) groups is 3. The minimum absolute atomic E-state index is 0.0748. The molecule has 0 radical (unpaired) electrons. The van der Waals surface area contributed by atoms with Crippen molar-refractivity contribution in [3.63, 3.8) is 0 Å². The molecule has 7 heteroatoms. The summed E-state index contributed by atoms with van der Waals surface area (Å²) in [6.45, 7) is 3.50. The highest BCUT2D eigenvalue weighted by molar-refractivity contribution is 5.79. The second-order valence-electron chi connectivity index (χ2n) is 5.62. The van der Waals surface area contributed by atoms with Gasteiger partial charge in [0.25, 0.3) is 0 Å². The van der Waals surface area contributed by atoms with E-state index in [4.69, 9.17) is 4.74 Å². The molecule has 7 nitrogen and oxygen atoms in total. The number of hydrogen-bond acceptors (Lipinski definition) is 4. The first-order valence-corrected chi connectivity index (χ1v) is 8.34. The van der Waals surface area contributed by atoms with Crippen molar-refractivity contribution < 1.29 is 19.1 Å². The van der Waals surface area contributed by atoms with Gasteiger partial charge in [0.05, 0.1) is 6.61 Å². The number of nitrogens with one attached hydrogen (secondary N) is 2. The Bertz CT molecular complexity index is 549. The van der Waals surface area contributed by atoms with Crippen LogP contribution >= 0.6 is 0 Å². The predicted octanol–water partition coefficient (Wildman–Crippen LogP) is 0.694. The highest BCUT2D eigenvalue weighted by atomic mass is 16.5. The molecule has 0 aliphatic heterocycles. The molecule has 0 aromatic heterocycles. The number of benzene rings is 1. The fourth-order valence-corrected chi connectivity index (χ4v) is 2.17. The van der Waals surface area contributed by atoms with E-state index in [-0.39, 0.29) is 37.1 Å². The summed E-state index contributed by atoms with van der Waals surface area (Å²) >= 11 is 0. The van der Waals surface area contributed by atoms with Crippen LogP contribution in [0.4, 0.5) is 0 Å². The van der Waals surface area contributed by atoms with Crippen LogP contribution in [0.15, 0.2) is 30.3 Å². The van der Waals surface area contributed by atoms with Crippen molar-refractivity contribution in [1.29, 1.82) is 0 Å². The fourth-order valence-electron chi connectivity index (χ4n) is 2.17. The molecule has 1 aromatic rings. The monoisotopic (exact) mass is 349 g/mol. The van der Waals surface area contributed by atoms with Crippen LogP contribution in [0.5, 0.6) is 0 Å². The smallest absolute Gasteiger partial charge is 0.221 e. The Morgan fingerprint density at radius 2 is 1.64 bits per heavy atom. The van der Waals surface area contributed by atoms with E-state index in [1.807, 2.05) is 30.3 Å². The Kier molecular flexibility index (Phi) is 9.92. The van der Waals surface area contributed by atoms with Crippen LogP contribution in [0.25, 0.3) is 0 Å². The molecule has 0 spiro atoms. The maximum absolute atomic E-state index is 11.9. The first kappa shape index (κ1) is 20.6. The maximum atomic E-state index is 11.9. The van der Waals surface area contributed by atoms with Crippen molar-refractivity contribution in [2.75, 3.05) is 33.4 Å². The van der Waals surface area contributed by atoms with Gasteiger partial charge in [0.15, 0.2) is 0 Å². The molecule has 25 heavy (non-hydrogen) atoms. The number of hydrogen-bond donors (Lipinski definition) is 2. The van der Waals surface area contributed by atoms with Crippen LogP contribution in [-0.4, -0.2) is 56.0 Å². The Labute approximate surface area is 148 Å². The van der Waals surface area contributed by atoms with Gasteiger partial charge in [-0.05, 0) is 5.56 Å². The molecule has 0 atom stereocenters. The van der Waals surface area contributed by atoms with Gasteiger partial charge in [-0.15, -0.1) is 0 Å². The van der Waals surface area contributed by atoms with E-state index in [1.165, 1.54) is 6.92 Å². The lowest BCUT2D eigenvalue weighted by Gasteiger charge is -2.21. The first-order valence-electron chi connectivity index (χ1n) is 8.34. The zero-order chi connectivity index (χ0) is 18.5. The third kappa shape index (κ3) is 9.46. The molecule has 1 aromatic carbocycles. The average molecular weight is 349 g/mol. The third-order valence-electron chi connectivity index (χ3n) is 3.57.